The first-order valence-electron chi connectivity index (χ1n) is 10.6. The van der Waals surface area contributed by atoms with Gasteiger partial charge in [0.1, 0.15) is 10.6 Å². The van der Waals surface area contributed by atoms with Crippen LogP contribution in [0.3, 0.4) is 0 Å². The maximum absolute atomic E-state index is 11.5. The first-order valence-corrected chi connectivity index (χ1v) is 12.4. The van der Waals surface area contributed by atoms with Gasteiger partial charge in [-0.2, -0.15) is 0 Å². The Morgan fingerprint density at radius 1 is 1.18 bits per heavy atom. The predicted octanol–water partition coefficient (Wildman–Crippen LogP) is 5.77. The molecule has 0 spiro atoms. The Labute approximate surface area is 206 Å². The lowest BCUT2D eigenvalue weighted by Crippen LogP contribution is -2.11. The van der Waals surface area contributed by atoms with Gasteiger partial charge in [-0.15, -0.1) is 23.1 Å². The molecule has 0 saturated heterocycles. The number of carbonyl (C=O) groups is 1. The van der Waals surface area contributed by atoms with E-state index in [1.807, 2.05) is 37.1 Å². The lowest BCUT2D eigenvalue weighted by Gasteiger charge is -2.10. The Kier molecular flexibility index (Phi) is 7.94. The number of anilines is 2. The fourth-order valence-electron chi connectivity index (χ4n) is 3.45. The van der Waals surface area contributed by atoms with Crippen LogP contribution in [0.1, 0.15) is 6.42 Å². The second-order valence-corrected chi connectivity index (χ2v) is 9.60. The molecule has 0 radical (unpaired) electrons. The molecule has 4 heterocycles. The summed E-state index contributed by atoms with van der Waals surface area (Å²) in [5.41, 5.74) is 4.78. The zero-order valence-corrected chi connectivity index (χ0v) is 20.8. The number of amides is 1. The van der Waals surface area contributed by atoms with E-state index in [4.69, 9.17) is 9.72 Å². The Balaban J connectivity index is 1.79. The third-order valence-corrected chi connectivity index (χ3v) is 7.49. The van der Waals surface area contributed by atoms with Crippen LogP contribution in [0.2, 0.25) is 0 Å². The van der Waals surface area contributed by atoms with E-state index in [9.17, 15) is 4.79 Å². The molecule has 4 rings (SSSR count). The molecule has 0 bridgehead atoms. The highest BCUT2D eigenvalue weighted by Crippen LogP contribution is 2.46. The Bertz CT molecular complexity index is 1260. The molecule has 2 N–H and O–H groups in total. The van der Waals surface area contributed by atoms with Crippen LogP contribution in [0.5, 0.6) is 0 Å². The van der Waals surface area contributed by atoms with Crippen molar-refractivity contribution in [3.8, 4) is 22.4 Å². The number of nitrogens with zero attached hydrogens (tertiary/aromatic N) is 3. The van der Waals surface area contributed by atoms with E-state index in [0.29, 0.717) is 5.82 Å². The molecule has 0 fully saturated rings. The van der Waals surface area contributed by atoms with E-state index in [-0.39, 0.29) is 0 Å². The molecule has 0 saturated carbocycles. The van der Waals surface area contributed by atoms with Gasteiger partial charge >= 0.3 is 6.09 Å². The van der Waals surface area contributed by atoms with Gasteiger partial charge in [0.15, 0.2) is 0 Å². The van der Waals surface area contributed by atoms with Crippen LogP contribution < -0.4 is 10.6 Å². The number of nitrogens with one attached hydrogen (secondary N) is 2. The van der Waals surface area contributed by atoms with Crippen molar-refractivity contribution >= 4 is 50.9 Å². The summed E-state index contributed by atoms with van der Waals surface area (Å²) in [6, 6.07) is 9.66. The highest BCUT2D eigenvalue weighted by Gasteiger charge is 2.19. The summed E-state index contributed by atoms with van der Waals surface area (Å²) in [4.78, 5) is 26.0. The molecule has 10 heteroatoms. The number of pyridine rings is 3. The van der Waals surface area contributed by atoms with Crippen molar-refractivity contribution in [2.75, 3.05) is 44.3 Å². The van der Waals surface area contributed by atoms with Gasteiger partial charge in [-0.05, 0) is 36.2 Å². The van der Waals surface area contributed by atoms with Gasteiger partial charge in [0.2, 0.25) is 0 Å². The molecular formula is C24H25N5O3S2. The second-order valence-electron chi connectivity index (χ2n) is 7.23. The van der Waals surface area contributed by atoms with E-state index in [2.05, 4.69) is 37.5 Å². The van der Waals surface area contributed by atoms with E-state index >= 15 is 0 Å². The average Bonchev–Trinajstić information content (AvgIpc) is 3.24. The monoisotopic (exact) mass is 495 g/mol. The van der Waals surface area contributed by atoms with Gasteiger partial charge in [-0.3, -0.25) is 10.3 Å². The number of ether oxygens (including phenoxy) is 2. The van der Waals surface area contributed by atoms with Crippen LogP contribution >= 0.6 is 23.1 Å². The summed E-state index contributed by atoms with van der Waals surface area (Å²) in [5, 5.41) is 7.04. The number of thioether (sulfide) groups is 1. The number of hydrogen-bond acceptors (Lipinski definition) is 9. The van der Waals surface area contributed by atoms with Crippen LogP contribution in [0, 0.1) is 0 Å². The van der Waals surface area contributed by atoms with Crippen molar-refractivity contribution in [2.24, 2.45) is 0 Å². The SMILES string of the molecule is CNc1c(SCCCOC)sc2nc(-c3ccc(NC(=O)OC)nc3)cc(-c3cccnc3)c12. The molecule has 34 heavy (non-hydrogen) atoms. The quantitative estimate of drug-likeness (QED) is 0.223. The Morgan fingerprint density at radius 2 is 2.06 bits per heavy atom. The molecule has 8 nitrogen and oxygen atoms in total. The molecule has 176 valence electrons. The predicted molar refractivity (Wildman–Crippen MR) is 139 cm³/mol. The third kappa shape index (κ3) is 5.30. The largest absolute Gasteiger partial charge is 0.453 e. The number of thiophene rings is 1. The number of carbonyl (C=O) groups excluding carboxylic acids is 1. The highest BCUT2D eigenvalue weighted by atomic mass is 32.2. The molecular weight excluding hydrogens is 470 g/mol. The number of fused-ring (bicyclic) bond motifs is 1. The van der Waals surface area contributed by atoms with Crippen molar-refractivity contribution < 1.29 is 14.3 Å². The average molecular weight is 496 g/mol. The molecule has 0 unspecified atom stereocenters. The standard InChI is InChI=1S/C24H25N5O3S2/c1-25-21-20-17(15-6-4-9-26-13-15)12-18(16-7-8-19(27-14-16)29-24(30)32-3)28-22(20)34-23(21)33-11-5-10-31-2/h4,6-9,12-14,25H,5,10-11H2,1-3H3,(H,27,29,30). The number of hydrogen-bond donors (Lipinski definition) is 2. The lowest BCUT2D eigenvalue weighted by molar-refractivity contribution is 0.187. The van der Waals surface area contributed by atoms with Gasteiger partial charge in [0.05, 0.1) is 22.7 Å². The van der Waals surface area contributed by atoms with Crippen molar-refractivity contribution in [2.45, 2.75) is 10.6 Å². The fraction of sp³-hybridized carbons (Fsp3) is 0.250. The van der Waals surface area contributed by atoms with Gasteiger partial charge in [-0.25, -0.2) is 14.8 Å². The topological polar surface area (TPSA) is 98.3 Å². The molecule has 0 atom stereocenters. The minimum absolute atomic E-state index is 0.410. The van der Waals surface area contributed by atoms with E-state index < -0.39 is 6.09 Å². The first-order chi connectivity index (χ1) is 16.6. The first kappa shape index (κ1) is 23.9. The summed E-state index contributed by atoms with van der Waals surface area (Å²) in [6.45, 7) is 0.740. The van der Waals surface area contributed by atoms with Crippen LogP contribution in [0.15, 0.2) is 53.1 Å². The zero-order valence-electron chi connectivity index (χ0n) is 19.1. The van der Waals surface area contributed by atoms with E-state index in [1.165, 1.54) is 11.3 Å². The molecule has 0 aliphatic heterocycles. The van der Waals surface area contributed by atoms with Gasteiger partial charge < -0.3 is 14.8 Å². The Hall–Kier alpha value is -3.21. The third-order valence-electron chi connectivity index (χ3n) is 5.05. The molecule has 0 aliphatic rings. The Morgan fingerprint density at radius 3 is 2.74 bits per heavy atom. The second kappa shape index (κ2) is 11.3. The number of rotatable bonds is 9. The van der Waals surface area contributed by atoms with Gasteiger partial charge in [0, 0.05) is 61.6 Å². The smallest absolute Gasteiger partial charge is 0.412 e. The summed E-state index contributed by atoms with van der Waals surface area (Å²) < 4.78 is 11.0. The van der Waals surface area contributed by atoms with Crippen molar-refractivity contribution in [3.05, 3.63) is 48.9 Å². The molecule has 4 aromatic rings. The highest BCUT2D eigenvalue weighted by molar-refractivity contribution is 8.01. The van der Waals surface area contributed by atoms with Crippen LogP contribution in [0.4, 0.5) is 16.3 Å². The lowest BCUT2D eigenvalue weighted by atomic mass is 10.0. The van der Waals surface area contributed by atoms with E-state index in [0.717, 1.165) is 57.1 Å². The molecule has 0 aliphatic carbocycles. The number of aromatic nitrogens is 3. The summed E-state index contributed by atoms with van der Waals surface area (Å²) in [6.07, 6.45) is 5.74. The van der Waals surface area contributed by atoms with Gasteiger partial charge in [0.25, 0.3) is 0 Å². The minimum Gasteiger partial charge on any atom is -0.453 e. The van der Waals surface area contributed by atoms with Crippen molar-refractivity contribution in [1.82, 2.24) is 15.0 Å². The van der Waals surface area contributed by atoms with Crippen molar-refractivity contribution in [1.29, 1.82) is 0 Å². The molecule has 0 aromatic carbocycles. The van der Waals surface area contributed by atoms with Crippen LogP contribution in [0.25, 0.3) is 32.6 Å². The van der Waals surface area contributed by atoms with Crippen LogP contribution in [-0.4, -0.2) is 54.7 Å². The summed E-state index contributed by atoms with van der Waals surface area (Å²) >= 11 is 3.48. The molecule has 1 amide bonds. The number of methoxy groups -OCH3 is 2. The zero-order chi connectivity index (χ0) is 23.9. The maximum Gasteiger partial charge on any atom is 0.412 e. The van der Waals surface area contributed by atoms with Crippen molar-refractivity contribution in [3.63, 3.8) is 0 Å². The molecule has 4 aromatic heterocycles. The van der Waals surface area contributed by atoms with Gasteiger partial charge in [-0.1, -0.05) is 6.07 Å². The van der Waals surface area contributed by atoms with Crippen LogP contribution in [-0.2, 0) is 9.47 Å². The summed E-state index contributed by atoms with van der Waals surface area (Å²) in [5.74, 6) is 1.37. The minimum atomic E-state index is -0.563. The maximum atomic E-state index is 11.5. The normalized spacial score (nSPS) is 10.9. The fourth-order valence-corrected chi connectivity index (χ4v) is 5.91. The summed E-state index contributed by atoms with van der Waals surface area (Å²) in [7, 11) is 4.98. The van der Waals surface area contributed by atoms with E-state index in [1.54, 1.807) is 36.9 Å².